The summed E-state index contributed by atoms with van der Waals surface area (Å²) in [5, 5.41) is 0.491. The summed E-state index contributed by atoms with van der Waals surface area (Å²) in [4.78, 5) is 12.9. The fourth-order valence-corrected chi connectivity index (χ4v) is 4.49. The number of rotatable bonds is 7. The molecule has 0 aliphatic carbocycles. The molecule has 0 saturated heterocycles. The molecule has 0 atom stereocenters. The molecule has 32 heavy (non-hydrogen) atoms. The van der Waals surface area contributed by atoms with Crippen LogP contribution in [-0.4, -0.2) is 27.9 Å². The minimum Gasteiger partial charge on any atom is -0.439 e. The summed E-state index contributed by atoms with van der Waals surface area (Å²) in [7, 11) is -3.60. The third-order valence-corrected chi connectivity index (χ3v) is 5.96. The first-order valence-electron chi connectivity index (χ1n) is 9.66. The normalized spacial score (nSPS) is 11.3. The number of imidazole rings is 1. The Bertz CT molecular complexity index is 1350. The lowest BCUT2D eigenvalue weighted by Gasteiger charge is -2.11. The second-order valence-electron chi connectivity index (χ2n) is 7.07. The molecule has 2 aromatic heterocycles. The number of nitrogens with one attached hydrogen (secondary N) is 1. The molecule has 0 radical (unpaired) electrons. The average Bonchev–Trinajstić information content (AvgIpc) is 3.14. The standard InChI is InChI=1S/C22H20ClN5O3S/c1-15-25-21(28-11-10-24-16(28)2)13-22(26-15)31-20-8-6-19(7-9-20)27-32(29,30)14-17-4-3-5-18(23)12-17/h3-13,27H,14H2,1-2H3. The fourth-order valence-electron chi connectivity index (χ4n) is 3.09. The number of hydrogen-bond acceptors (Lipinski definition) is 6. The molecule has 2 heterocycles. The number of aromatic nitrogens is 4. The number of sulfonamides is 1. The Balaban J connectivity index is 1.46. The van der Waals surface area contributed by atoms with Gasteiger partial charge in [0.15, 0.2) is 0 Å². The summed E-state index contributed by atoms with van der Waals surface area (Å²) >= 11 is 5.93. The number of halogens is 1. The number of hydrogen-bond donors (Lipinski definition) is 1. The fraction of sp³-hybridized carbons (Fsp3) is 0.136. The first kappa shape index (κ1) is 21.8. The van der Waals surface area contributed by atoms with Gasteiger partial charge >= 0.3 is 0 Å². The van der Waals surface area contributed by atoms with Crippen LogP contribution < -0.4 is 9.46 Å². The van der Waals surface area contributed by atoms with Crippen molar-refractivity contribution in [2.75, 3.05) is 4.72 Å². The molecule has 0 aliphatic rings. The van der Waals surface area contributed by atoms with Crippen molar-refractivity contribution in [1.29, 1.82) is 0 Å². The van der Waals surface area contributed by atoms with Crippen molar-refractivity contribution in [3.05, 3.63) is 89.2 Å². The van der Waals surface area contributed by atoms with Crippen molar-refractivity contribution in [2.45, 2.75) is 19.6 Å². The van der Waals surface area contributed by atoms with Crippen molar-refractivity contribution in [3.63, 3.8) is 0 Å². The molecular formula is C22H20ClN5O3S. The van der Waals surface area contributed by atoms with Crippen molar-refractivity contribution in [3.8, 4) is 17.4 Å². The van der Waals surface area contributed by atoms with Crippen LogP contribution in [0.5, 0.6) is 11.6 Å². The van der Waals surface area contributed by atoms with Gasteiger partial charge < -0.3 is 4.74 Å². The molecule has 0 amide bonds. The Labute approximate surface area is 191 Å². The SMILES string of the molecule is Cc1nc(Oc2ccc(NS(=O)(=O)Cc3cccc(Cl)c3)cc2)cc(-n2ccnc2C)n1. The summed E-state index contributed by atoms with van der Waals surface area (Å²) in [5.74, 6) is 2.69. The average molecular weight is 470 g/mol. The highest BCUT2D eigenvalue weighted by Gasteiger charge is 2.13. The molecule has 0 spiro atoms. The molecule has 164 valence electrons. The molecule has 2 aromatic carbocycles. The zero-order valence-electron chi connectivity index (χ0n) is 17.4. The van der Waals surface area contributed by atoms with Crippen LogP contribution in [0.4, 0.5) is 5.69 Å². The van der Waals surface area contributed by atoms with E-state index in [-0.39, 0.29) is 5.75 Å². The number of aryl methyl sites for hydroxylation is 2. The van der Waals surface area contributed by atoms with E-state index in [0.717, 1.165) is 5.82 Å². The maximum absolute atomic E-state index is 12.5. The van der Waals surface area contributed by atoms with Crippen LogP contribution in [0.15, 0.2) is 67.0 Å². The summed E-state index contributed by atoms with van der Waals surface area (Å²) in [6.07, 6.45) is 3.50. The van der Waals surface area contributed by atoms with E-state index in [1.165, 1.54) is 0 Å². The van der Waals surface area contributed by atoms with Gasteiger partial charge in [0.2, 0.25) is 15.9 Å². The summed E-state index contributed by atoms with van der Waals surface area (Å²) in [6.45, 7) is 3.66. The molecule has 4 aromatic rings. The van der Waals surface area contributed by atoms with Crippen LogP contribution in [-0.2, 0) is 15.8 Å². The summed E-state index contributed by atoms with van der Waals surface area (Å²) in [6, 6.07) is 15.0. The van der Waals surface area contributed by atoms with E-state index < -0.39 is 10.0 Å². The summed E-state index contributed by atoms with van der Waals surface area (Å²) < 4.78 is 35.2. The van der Waals surface area contributed by atoms with Crippen molar-refractivity contribution < 1.29 is 13.2 Å². The van der Waals surface area contributed by atoms with Crippen LogP contribution in [0, 0.1) is 13.8 Å². The van der Waals surface area contributed by atoms with Gasteiger partial charge in [0, 0.05) is 29.2 Å². The van der Waals surface area contributed by atoms with Gasteiger partial charge in [-0.1, -0.05) is 23.7 Å². The Morgan fingerprint density at radius 1 is 1.06 bits per heavy atom. The van der Waals surface area contributed by atoms with Gasteiger partial charge in [-0.3, -0.25) is 9.29 Å². The smallest absolute Gasteiger partial charge is 0.236 e. The molecule has 0 bridgehead atoms. The monoisotopic (exact) mass is 469 g/mol. The molecule has 4 rings (SSSR count). The van der Waals surface area contributed by atoms with E-state index in [1.807, 2.05) is 17.7 Å². The molecule has 0 fully saturated rings. The largest absolute Gasteiger partial charge is 0.439 e. The Kier molecular flexibility index (Phi) is 6.11. The molecule has 0 unspecified atom stereocenters. The van der Waals surface area contributed by atoms with Gasteiger partial charge in [0.05, 0.1) is 5.75 Å². The molecular weight excluding hydrogens is 450 g/mol. The number of ether oxygens (including phenoxy) is 1. The number of benzene rings is 2. The third kappa shape index (κ3) is 5.43. The van der Waals surface area contributed by atoms with Crippen molar-refractivity contribution in [2.24, 2.45) is 0 Å². The van der Waals surface area contributed by atoms with Gasteiger partial charge in [-0.25, -0.2) is 18.4 Å². The van der Waals surface area contributed by atoms with Crippen LogP contribution in [0.1, 0.15) is 17.2 Å². The van der Waals surface area contributed by atoms with Gasteiger partial charge in [-0.15, -0.1) is 0 Å². The zero-order chi connectivity index (χ0) is 22.7. The summed E-state index contributed by atoms with van der Waals surface area (Å²) in [5.41, 5.74) is 1.03. The second kappa shape index (κ2) is 8.97. The Morgan fingerprint density at radius 2 is 1.84 bits per heavy atom. The van der Waals surface area contributed by atoms with Crippen molar-refractivity contribution >= 4 is 27.3 Å². The Hall–Kier alpha value is -3.43. The van der Waals surface area contributed by atoms with Crippen molar-refractivity contribution in [1.82, 2.24) is 19.5 Å². The van der Waals surface area contributed by atoms with E-state index >= 15 is 0 Å². The van der Waals surface area contributed by atoms with E-state index in [1.54, 1.807) is 67.7 Å². The predicted molar refractivity (Wildman–Crippen MR) is 123 cm³/mol. The van der Waals surface area contributed by atoms with Crippen LogP contribution >= 0.6 is 11.6 Å². The second-order valence-corrected chi connectivity index (χ2v) is 9.23. The van der Waals surface area contributed by atoms with Gasteiger partial charge in [0.25, 0.3) is 0 Å². The maximum Gasteiger partial charge on any atom is 0.236 e. The van der Waals surface area contributed by atoms with E-state index in [2.05, 4.69) is 19.7 Å². The lowest BCUT2D eigenvalue weighted by atomic mass is 10.2. The Morgan fingerprint density at radius 3 is 2.53 bits per heavy atom. The van der Waals surface area contributed by atoms with Crippen LogP contribution in [0.2, 0.25) is 5.02 Å². The van der Waals surface area contributed by atoms with Gasteiger partial charge in [0.1, 0.15) is 23.2 Å². The number of anilines is 1. The first-order chi connectivity index (χ1) is 15.3. The zero-order valence-corrected chi connectivity index (χ0v) is 18.9. The van der Waals surface area contributed by atoms with E-state index in [0.29, 0.717) is 39.5 Å². The minimum absolute atomic E-state index is 0.178. The van der Waals surface area contributed by atoms with Gasteiger partial charge in [-0.2, -0.15) is 4.98 Å². The first-order valence-corrected chi connectivity index (χ1v) is 11.7. The van der Waals surface area contributed by atoms with Crippen LogP contribution in [0.3, 0.4) is 0 Å². The lowest BCUT2D eigenvalue weighted by molar-refractivity contribution is 0.459. The third-order valence-electron chi connectivity index (χ3n) is 4.47. The highest BCUT2D eigenvalue weighted by molar-refractivity contribution is 7.91. The molecule has 1 N–H and O–H groups in total. The van der Waals surface area contributed by atoms with Crippen LogP contribution in [0.25, 0.3) is 5.82 Å². The maximum atomic E-state index is 12.5. The predicted octanol–water partition coefficient (Wildman–Crippen LogP) is 4.67. The van der Waals surface area contributed by atoms with E-state index in [4.69, 9.17) is 16.3 Å². The number of nitrogens with zero attached hydrogens (tertiary/aromatic N) is 4. The molecule has 0 aliphatic heterocycles. The topological polar surface area (TPSA) is 99.0 Å². The molecule has 8 nitrogen and oxygen atoms in total. The highest BCUT2D eigenvalue weighted by atomic mass is 35.5. The van der Waals surface area contributed by atoms with E-state index in [9.17, 15) is 8.42 Å². The lowest BCUT2D eigenvalue weighted by Crippen LogP contribution is -2.15. The minimum atomic E-state index is -3.60. The quantitative estimate of drug-likeness (QED) is 0.422. The van der Waals surface area contributed by atoms with Gasteiger partial charge in [-0.05, 0) is 55.8 Å². The highest BCUT2D eigenvalue weighted by Crippen LogP contribution is 2.24. The molecule has 0 saturated carbocycles. The molecule has 10 heteroatoms.